The van der Waals surface area contributed by atoms with E-state index in [9.17, 15) is 4.79 Å². The Morgan fingerprint density at radius 2 is 2.19 bits per heavy atom. The van der Waals surface area contributed by atoms with E-state index < -0.39 is 0 Å². The fraction of sp³-hybridized carbons (Fsp3) is 0.273. The molecule has 0 fully saturated rings. The Kier molecular flexibility index (Phi) is 6.33. The van der Waals surface area contributed by atoms with Crippen LogP contribution in [0.5, 0.6) is 0 Å². The summed E-state index contributed by atoms with van der Waals surface area (Å²) >= 11 is 6.28. The van der Waals surface area contributed by atoms with Crippen molar-refractivity contribution in [2.24, 2.45) is 0 Å². The molecule has 1 aliphatic heterocycles. The molecule has 0 unspecified atom stereocenters. The van der Waals surface area contributed by atoms with Gasteiger partial charge in [0.2, 0.25) is 0 Å². The molecule has 1 aromatic carbocycles. The lowest BCUT2D eigenvalue weighted by Gasteiger charge is -2.27. The third-order valence-corrected chi connectivity index (χ3v) is 6.30. The van der Waals surface area contributed by atoms with Crippen LogP contribution in [-0.2, 0) is 6.54 Å². The van der Waals surface area contributed by atoms with E-state index in [2.05, 4.69) is 15.6 Å². The molecular weight excluding hydrogens is 447 g/mol. The highest BCUT2D eigenvalue weighted by Crippen LogP contribution is 2.30. The summed E-state index contributed by atoms with van der Waals surface area (Å²) in [5.74, 6) is -0.364. The third kappa shape index (κ3) is 4.71. The van der Waals surface area contributed by atoms with E-state index in [0.29, 0.717) is 57.9 Å². The van der Waals surface area contributed by atoms with Crippen LogP contribution in [0.25, 0.3) is 11.3 Å². The molecule has 0 aliphatic carbocycles. The van der Waals surface area contributed by atoms with Gasteiger partial charge in [-0.05, 0) is 49.6 Å². The van der Waals surface area contributed by atoms with E-state index in [1.54, 1.807) is 34.8 Å². The Hall–Kier alpha value is -3.11. The monoisotopic (exact) mass is 470 g/mol. The summed E-state index contributed by atoms with van der Waals surface area (Å²) in [5, 5.41) is 11.8. The highest BCUT2D eigenvalue weighted by molar-refractivity contribution is 7.80. The van der Waals surface area contributed by atoms with Crippen LogP contribution in [0.15, 0.2) is 36.5 Å². The topological polar surface area (TPSA) is 89.1 Å². The van der Waals surface area contributed by atoms with Gasteiger partial charge in [-0.3, -0.25) is 4.79 Å². The number of nitrogens with one attached hydrogen (secondary N) is 1. The van der Waals surface area contributed by atoms with E-state index in [1.165, 1.54) is 17.4 Å². The van der Waals surface area contributed by atoms with E-state index in [4.69, 9.17) is 18.0 Å². The van der Waals surface area contributed by atoms with Crippen molar-refractivity contribution in [1.82, 2.24) is 25.2 Å². The number of hydrogen-bond acceptors (Lipinski definition) is 6. The summed E-state index contributed by atoms with van der Waals surface area (Å²) in [6, 6.07) is 6.83. The molecule has 7 nitrogen and oxygen atoms in total. The molecule has 1 aliphatic rings. The highest BCUT2D eigenvalue weighted by atomic mass is 32.1. The number of thiocarbonyl (C=S) groups is 1. The maximum Gasteiger partial charge on any atom is 0.264 e. The zero-order valence-electron chi connectivity index (χ0n) is 17.8. The summed E-state index contributed by atoms with van der Waals surface area (Å²) < 4.78 is 16.7. The van der Waals surface area contributed by atoms with Crippen molar-refractivity contribution in [3.05, 3.63) is 64.1 Å². The van der Waals surface area contributed by atoms with Crippen molar-refractivity contribution < 1.29 is 9.18 Å². The van der Waals surface area contributed by atoms with Gasteiger partial charge in [-0.15, -0.1) is 16.4 Å². The van der Waals surface area contributed by atoms with Gasteiger partial charge in [0, 0.05) is 24.7 Å². The molecule has 10 heteroatoms. The molecular formula is C22H23FN6OS2. The summed E-state index contributed by atoms with van der Waals surface area (Å²) in [4.78, 5) is 15.7. The van der Waals surface area contributed by atoms with Crippen LogP contribution in [-0.4, -0.2) is 43.9 Å². The molecule has 3 aromatic rings. The molecule has 0 bridgehead atoms. The molecule has 2 aromatic heterocycles. The van der Waals surface area contributed by atoms with Crippen LogP contribution in [0.2, 0.25) is 0 Å². The van der Waals surface area contributed by atoms with Gasteiger partial charge in [0.25, 0.3) is 5.91 Å². The number of benzene rings is 1. The van der Waals surface area contributed by atoms with Crippen LogP contribution in [0.4, 0.5) is 9.39 Å². The first-order valence-corrected chi connectivity index (χ1v) is 11.3. The number of nitrogens with two attached hydrogens (primary N) is 1. The third-order valence-electron chi connectivity index (χ3n) is 5.25. The van der Waals surface area contributed by atoms with Crippen LogP contribution in [0, 0.1) is 12.7 Å². The molecule has 32 heavy (non-hydrogen) atoms. The van der Waals surface area contributed by atoms with Gasteiger partial charge < -0.3 is 16.0 Å². The van der Waals surface area contributed by atoms with E-state index in [1.807, 2.05) is 19.1 Å². The number of nitrogen functional groups attached to an aromatic ring is 1. The number of anilines is 1. The van der Waals surface area contributed by atoms with Gasteiger partial charge in [-0.1, -0.05) is 23.5 Å². The number of amides is 1. The first kappa shape index (κ1) is 22.1. The molecule has 3 heterocycles. The number of carbonyl (C=O) groups is 1. The number of aryl methyl sites for hydroxylation is 1. The van der Waals surface area contributed by atoms with E-state index >= 15 is 4.39 Å². The average molecular weight is 471 g/mol. The quantitative estimate of drug-likeness (QED) is 0.553. The summed E-state index contributed by atoms with van der Waals surface area (Å²) in [6.45, 7) is 5.11. The lowest BCUT2D eigenvalue weighted by Crippen LogP contribution is -2.34. The minimum absolute atomic E-state index is 0.0464. The van der Waals surface area contributed by atoms with Crippen LogP contribution < -0.4 is 11.1 Å². The average Bonchev–Trinajstić information content (AvgIpc) is 3.41. The minimum atomic E-state index is -0.318. The predicted octanol–water partition coefficient (Wildman–Crippen LogP) is 3.72. The maximum absolute atomic E-state index is 15.1. The van der Waals surface area contributed by atoms with Crippen molar-refractivity contribution >= 4 is 45.0 Å². The molecule has 1 amide bonds. The normalized spacial score (nSPS) is 13.7. The molecule has 0 saturated carbocycles. The predicted molar refractivity (Wildman–Crippen MR) is 128 cm³/mol. The number of carbonyl (C=O) groups excluding carboxylic acids is 1. The Morgan fingerprint density at radius 3 is 2.81 bits per heavy atom. The minimum Gasteiger partial charge on any atom is -0.391 e. The zero-order chi connectivity index (χ0) is 22.8. The fourth-order valence-electron chi connectivity index (χ4n) is 3.69. The Morgan fingerprint density at radius 1 is 1.38 bits per heavy atom. The second-order valence-corrected chi connectivity index (χ2v) is 9.34. The standard InChI is InChI=1S/C22H23FN6OS2/c1-13-9-17(29-12-16(26-27-29)11-25-14(2)31)10-18(23)21(13)15-5-7-28(8-6-15)22(30)19-3-4-20(24)32-19/h3-5,9-10,12H,6-8,11,24H2,1-2H3,(H,25,31). The van der Waals surface area contributed by atoms with Gasteiger partial charge in [0.1, 0.15) is 11.5 Å². The zero-order valence-corrected chi connectivity index (χ0v) is 19.4. The number of aromatic nitrogens is 3. The van der Waals surface area contributed by atoms with Gasteiger partial charge in [0.05, 0.1) is 33.3 Å². The first-order chi connectivity index (χ1) is 15.3. The number of rotatable bonds is 5. The number of nitrogens with zero attached hydrogens (tertiary/aromatic N) is 4. The van der Waals surface area contributed by atoms with Crippen LogP contribution in [0.3, 0.4) is 0 Å². The molecule has 0 atom stereocenters. The van der Waals surface area contributed by atoms with Gasteiger partial charge in [-0.25, -0.2) is 9.07 Å². The van der Waals surface area contributed by atoms with Crippen molar-refractivity contribution in [3.63, 3.8) is 0 Å². The fourth-order valence-corrected chi connectivity index (χ4v) is 4.50. The van der Waals surface area contributed by atoms with Crippen molar-refractivity contribution in [1.29, 1.82) is 0 Å². The van der Waals surface area contributed by atoms with Gasteiger partial charge in [-0.2, -0.15) is 0 Å². The molecule has 0 spiro atoms. The number of hydrogen-bond donors (Lipinski definition) is 2. The Bertz CT molecular complexity index is 1190. The van der Waals surface area contributed by atoms with E-state index in [0.717, 1.165) is 11.1 Å². The van der Waals surface area contributed by atoms with Crippen molar-refractivity contribution in [2.75, 3.05) is 18.8 Å². The van der Waals surface area contributed by atoms with E-state index in [-0.39, 0.29) is 11.7 Å². The summed E-state index contributed by atoms with van der Waals surface area (Å²) in [6.07, 6.45) is 4.26. The molecule has 0 radical (unpaired) electrons. The second-order valence-electron chi connectivity index (χ2n) is 7.62. The Balaban J connectivity index is 1.51. The molecule has 3 N–H and O–H groups in total. The summed E-state index contributed by atoms with van der Waals surface area (Å²) in [7, 11) is 0. The highest BCUT2D eigenvalue weighted by Gasteiger charge is 2.23. The number of halogens is 1. The van der Waals surface area contributed by atoms with Gasteiger partial charge >= 0.3 is 0 Å². The smallest absolute Gasteiger partial charge is 0.264 e. The lowest BCUT2D eigenvalue weighted by molar-refractivity contribution is 0.0777. The molecule has 4 rings (SSSR count). The van der Waals surface area contributed by atoms with Crippen LogP contribution in [0.1, 0.15) is 39.8 Å². The molecule has 0 saturated heterocycles. The second kappa shape index (κ2) is 9.17. The van der Waals surface area contributed by atoms with Crippen molar-refractivity contribution in [3.8, 4) is 5.69 Å². The SMILES string of the molecule is CC(=S)NCc1cn(-c2cc(C)c(C3=CCN(C(=O)c4ccc(N)s4)CC3)c(F)c2)nn1. The first-order valence-electron chi connectivity index (χ1n) is 10.1. The molecule has 166 valence electrons. The van der Waals surface area contributed by atoms with Crippen LogP contribution >= 0.6 is 23.6 Å². The summed E-state index contributed by atoms with van der Waals surface area (Å²) in [5.41, 5.74) is 9.34. The van der Waals surface area contributed by atoms with Crippen molar-refractivity contribution in [2.45, 2.75) is 26.8 Å². The largest absolute Gasteiger partial charge is 0.391 e. The lowest BCUT2D eigenvalue weighted by atomic mass is 9.94. The maximum atomic E-state index is 15.1. The Labute approximate surface area is 194 Å². The number of thiophene rings is 1. The van der Waals surface area contributed by atoms with Gasteiger partial charge in [0.15, 0.2) is 0 Å².